The molecule has 2 saturated carbocycles. The zero-order chi connectivity index (χ0) is 25.3. The van der Waals surface area contributed by atoms with Crippen LogP contribution in [0, 0.1) is 0 Å². The molecular weight excluding hydrogens is 615 g/mol. The van der Waals surface area contributed by atoms with E-state index in [2.05, 4.69) is 19.9 Å². The van der Waals surface area contributed by atoms with Crippen molar-refractivity contribution >= 4 is 49.2 Å². The number of halogens is 8. The molecule has 0 amide bonds. The third-order valence-corrected chi connectivity index (χ3v) is 9.67. The van der Waals surface area contributed by atoms with Crippen LogP contribution >= 0.6 is 42.0 Å². The first-order valence-corrected chi connectivity index (χ1v) is 26.6. The van der Waals surface area contributed by atoms with Crippen molar-refractivity contribution in [3.05, 3.63) is 11.4 Å². The molecule has 0 aromatic heterocycles. The van der Waals surface area contributed by atoms with Gasteiger partial charge in [0.1, 0.15) is 0 Å². The van der Waals surface area contributed by atoms with E-state index in [0.29, 0.717) is 0 Å². The molecule has 11 heteroatoms. The van der Waals surface area contributed by atoms with Gasteiger partial charge in [0.05, 0.1) is 0 Å². The van der Waals surface area contributed by atoms with Crippen LogP contribution in [0.2, 0.25) is 0 Å². The zero-order valence-corrected chi connectivity index (χ0v) is 26.5. The molecular formula is C22H41BCl4F4PZr-. The summed E-state index contributed by atoms with van der Waals surface area (Å²) >= 11 is -3.29. The Balaban J connectivity index is 0.000000859. The molecule has 33 heavy (non-hydrogen) atoms. The Labute approximate surface area is 219 Å². The van der Waals surface area contributed by atoms with Crippen LogP contribution in [0.4, 0.5) is 17.3 Å². The molecule has 0 unspecified atom stereocenters. The zero-order valence-electron chi connectivity index (χ0n) is 20.1. The van der Waals surface area contributed by atoms with Gasteiger partial charge in [0.15, 0.2) is 0 Å². The van der Waals surface area contributed by atoms with Gasteiger partial charge in [-0.05, 0) is 61.6 Å². The fourth-order valence-electron chi connectivity index (χ4n) is 4.65. The van der Waals surface area contributed by atoms with E-state index in [0.717, 1.165) is 11.3 Å². The summed E-state index contributed by atoms with van der Waals surface area (Å²) in [5.74, 6) is 0. The molecule has 0 spiro atoms. The van der Waals surface area contributed by atoms with Gasteiger partial charge in [-0.3, -0.25) is 0 Å². The van der Waals surface area contributed by atoms with Gasteiger partial charge < -0.3 is 17.3 Å². The first-order valence-electron chi connectivity index (χ1n) is 12.5. The minimum atomic E-state index is -6.00. The number of hydrogen-bond acceptors (Lipinski definition) is 0. The Bertz CT molecular complexity index is 468. The van der Waals surface area contributed by atoms with E-state index >= 15 is 0 Å². The molecule has 2 aliphatic rings. The molecule has 0 atom stereocenters. The first-order chi connectivity index (χ1) is 15.4. The molecule has 2 aliphatic carbocycles. The predicted octanol–water partition coefficient (Wildman–Crippen LogP) is 12.5. The van der Waals surface area contributed by atoms with Crippen molar-refractivity contribution in [2.24, 2.45) is 0 Å². The molecule has 198 valence electrons. The SMILES string of the molecule is CCCCC=C(CCCC)P(C1CCCCC1)C1CCCCC1.F[B-](F)(F)F.[Cl][Zr]([Cl])([Cl])[Cl]. The van der Waals surface area contributed by atoms with Crippen LogP contribution in [0.15, 0.2) is 11.4 Å². The average Bonchev–Trinajstić information content (AvgIpc) is 2.71. The van der Waals surface area contributed by atoms with Crippen LogP contribution < -0.4 is 0 Å². The van der Waals surface area contributed by atoms with E-state index in [-0.39, 0.29) is 7.92 Å². The Hall–Kier alpha value is 2.00. The Morgan fingerprint density at radius 3 is 1.48 bits per heavy atom. The van der Waals surface area contributed by atoms with Gasteiger partial charge in [-0.25, -0.2) is 0 Å². The summed E-state index contributed by atoms with van der Waals surface area (Å²) in [6.45, 7) is 4.71. The molecule has 0 N–H and O–H groups in total. The van der Waals surface area contributed by atoms with Crippen molar-refractivity contribution in [2.45, 2.75) is 128 Å². The monoisotopic (exact) mass is 653 g/mol. The summed E-state index contributed by atoms with van der Waals surface area (Å²) in [6.07, 6.45) is 26.4. The number of allylic oxidation sites excluding steroid dienone is 2. The molecule has 2 rings (SSSR count). The molecule has 0 bridgehead atoms. The maximum atomic E-state index is 9.75. The van der Waals surface area contributed by atoms with Gasteiger partial charge in [0, 0.05) is 0 Å². The van der Waals surface area contributed by atoms with Gasteiger partial charge in [-0.15, -0.1) is 0 Å². The molecule has 0 aromatic rings. The molecule has 2 fully saturated rings. The summed E-state index contributed by atoms with van der Waals surface area (Å²) in [5.41, 5.74) is 2.18. The van der Waals surface area contributed by atoms with E-state index in [4.69, 9.17) is 34.1 Å². The summed E-state index contributed by atoms with van der Waals surface area (Å²) in [5, 5.41) is 1.97. The maximum absolute atomic E-state index is 9.75. The average molecular weight is 656 g/mol. The fraction of sp³-hybridized carbons (Fsp3) is 0.909. The second kappa shape index (κ2) is 20.0. The van der Waals surface area contributed by atoms with Crippen molar-refractivity contribution in [3.63, 3.8) is 0 Å². The van der Waals surface area contributed by atoms with Crippen LogP contribution in [-0.4, -0.2) is 18.6 Å². The summed E-state index contributed by atoms with van der Waals surface area (Å²) in [6, 6.07) is 0. The van der Waals surface area contributed by atoms with Gasteiger partial charge >= 0.3 is 56.8 Å². The van der Waals surface area contributed by atoms with Gasteiger partial charge in [0.25, 0.3) is 0 Å². The summed E-state index contributed by atoms with van der Waals surface area (Å²) < 4.78 is 39.0. The van der Waals surface area contributed by atoms with E-state index in [1.165, 1.54) is 77.0 Å². The van der Waals surface area contributed by atoms with Crippen LogP contribution in [0.3, 0.4) is 0 Å². The molecule has 0 heterocycles. The van der Waals surface area contributed by atoms with Crippen LogP contribution in [0.5, 0.6) is 0 Å². The van der Waals surface area contributed by atoms with Crippen molar-refractivity contribution < 1.29 is 32.8 Å². The standard InChI is InChI=1S/C22H41P.BF4.4ClH.Zr/c1-3-5-9-15-20(14-6-4-2)23(21-16-10-7-11-17-21)22-18-12-8-13-19-22;2-1(3,4)5;;;;;/h15,21-22H,3-14,16-19H2,1-2H3;;4*1H;/q;-1;;;;;+4/p-4. The van der Waals surface area contributed by atoms with Crippen molar-refractivity contribution in [1.82, 2.24) is 0 Å². The summed E-state index contributed by atoms with van der Waals surface area (Å²) in [7, 11) is 14.3. The minimum absolute atomic E-state index is 0.172. The number of rotatable bonds is 9. The van der Waals surface area contributed by atoms with Gasteiger partial charge in [-0.1, -0.05) is 85.6 Å². The van der Waals surface area contributed by atoms with Crippen molar-refractivity contribution in [3.8, 4) is 0 Å². The van der Waals surface area contributed by atoms with E-state index in [9.17, 15) is 17.3 Å². The topological polar surface area (TPSA) is 0 Å². The second-order valence-electron chi connectivity index (χ2n) is 8.86. The van der Waals surface area contributed by atoms with Crippen molar-refractivity contribution in [2.75, 3.05) is 0 Å². The van der Waals surface area contributed by atoms with E-state index in [1.807, 2.05) is 5.31 Å². The van der Waals surface area contributed by atoms with Crippen molar-refractivity contribution in [1.29, 1.82) is 0 Å². The third-order valence-electron chi connectivity index (χ3n) is 5.99. The molecule has 0 radical (unpaired) electrons. The van der Waals surface area contributed by atoms with Gasteiger partial charge in [0.2, 0.25) is 0 Å². The molecule has 0 nitrogen and oxygen atoms in total. The summed E-state index contributed by atoms with van der Waals surface area (Å²) in [4.78, 5) is 0. The molecule has 0 saturated heterocycles. The number of unbranched alkanes of at least 4 members (excludes halogenated alkanes) is 3. The van der Waals surface area contributed by atoms with Gasteiger partial charge in [-0.2, -0.15) is 0 Å². The fourth-order valence-corrected chi connectivity index (χ4v) is 8.79. The predicted molar refractivity (Wildman–Crippen MR) is 141 cm³/mol. The van der Waals surface area contributed by atoms with Crippen LogP contribution in [-0.2, 0) is 15.5 Å². The van der Waals surface area contributed by atoms with E-state index < -0.39 is 22.7 Å². The second-order valence-corrected chi connectivity index (χ2v) is 34.1. The number of hydrogen-bond donors (Lipinski definition) is 0. The molecule has 0 aromatic carbocycles. The van der Waals surface area contributed by atoms with Crippen LogP contribution in [0.1, 0.15) is 117 Å². The Kier molecular flexibility index (Phi) is 21.2. The third kappa shape index (κ3) is 22.9. The van der Waals surface area contributed by atoms with Crippen LogP contribution in [0.25, 0.3) is 0 Å². The Morgan fingerprint density at radius 2 is 1.15 bits per heavy atom. The normalized spacial score (nSPS) is 18.9. The molecule has 0 aliphatic heterocycles. The quantitative estimate of drug-likeness (QED) is 0.100. The first kappa shape index (κ1) is 35.0. The Morgan fingerprint density at radius 1 is 0.788 bits per heavy atom. The van der Waals surface area contributed by atoms with E-state index in [1.54, 1.807) is 25.7 Å².